The van der Waals surface area contributed by atoms with Gasteiger partial charge in [-0.2, -0.15) is 0 Å². The van der Waals surface area contributed by atoms with Crippen molar-refractivity contribution in [3.05, 3.63) is 67.3 Å². The first-order valence-corrected chi connectivity index (χ1v) is 7.25. The average molecular weight is 386 g/mol. The second kappa shape index (κ2) is 5.55. The third-order valence-corrected chi connectivity index (χ3v) is 4.45. The van der Waals surface area contributed by atoms with E-state index in [4.69, 9.17) is 0 Å². The normalized spacial score (nSPS) is 10.6. The van der Waals surface area contributed by atoms with Gasteiger partial charge in [0.05, 0.1) is 0 Å². The monoisotopic (exact) mass is 384 g/mol. The van der Waals surface area contributed by atoms with Crippen molar-refractivity contribution in [3.8, 4) is 0 Å². The van der Waals surface area contributed by atoms with E-state index in [1.54, 1.807) is 19.1 Å². The number of hydrogen-bond acceptors (Lipinski definition) is 1. The molecule has 0 aliphatic carbocycles. The smallest absolute Gasteiger partial charge is 0.194 e. The van der Waals surface area contributed by atoms with Crippen molar-refractivity contribution in [2.75, 3.05) is 0 Å². The van der Waals surface area contributed by atoms with Crippen LogP contribution < -0.4 is 0 Å². The topological polar surface area (TPSA) is 17.1 Å². The molecule has 0 heterocycles. The van der Waals surface area contributed by atoms with Gasteiger partial charge in [-0.3, -0.25) is 4.79 Å². The van der Waals surface area contributed by atoms with Gasteiger partial charge in [0.15, 0.2) is 5.78 Å². The Bertz CT molecular complexity index is 665. The number of benzene rings is 2. The third kappa shape index (κ3) is 2.95. The minimum atomic E-state index is -0.406. The number of rotatable bonds is 2. The average Bonchev–Trinajstić information content (AvgIpc) is 2.36. The molecular weight excluding hydrogens is 375 g/mol. The first-order valence-electron chi connectivity index (χ1n) is 5.66. The molecule has 0 amide bonds. The minimum Gasteiger partial charge on any atom is -0.289 e. The van der Waals surface area contributed by atoms with E-state index in [1.807, 2.05) is 13.0 Å². The lowest BCUT2D eigenvalue weighted by Crippen LogP contribution is -2.05. The van der Waals surface area contributed by atoms with Gasteiger partial charge in [-0.25, -0.2) is 4.39 Å². The molecule has 0 fully saturated rings. The van der Waals surface area contributed by atoms with Crippen molar-refractivity contribution in [1.82, 2.24) is 0 Å². The molecule has 19 heavy (non-hydrogen) atoms. The van der Waals surface area contributed by atoms with Gasteiger partial charge in [-0.05, 0) is 49.2 Å². The molecule has 0 radical (unpaired) electrons. The van der Waals surface area contributed by atoms with Crippen LogP contribution in [0.2, 0.25) is 0 Å². The number of aryl methyl sites for hydroxylation is 2. The highest BCUT2D eigenvalue weighted by Gasteiger charge is 2.16. The Morgan fingerprint density at radius 1 is 0.947 bits per heavy atom. The first kappa shape index (κ1) is 14.4. The maximum atomic E-state index is 13.3. The van der Waals surface area contributed by atoms with Gasteiger partial charge in [0.1, 0.15) is 5.82 Å². The summed E-state index contributed by atoms with van der Waals surface area (Å²) in [5.74, 6) is -0.596. The minimum absolute atomic E-state index is 0.190. The van der Waals surface area contributed by atoms with Gasteiger partial charge >= 0.3 is 0 Å². The molecule has 2 aromatic carbocycles. The van der Waals surface area contributed by atoms with Crippen LogP contribution in [0.1, 0.15) is 27.0 Å². The summed E-state index contributed by atoms with van der Waals surface area (Å²) in [6, 6.07) is 7.86. The molecule has 0 unspecified atom stereocenters. The van der Waals surface area contributed by atoms with Crippen LogP contribution in [0.3, 0.4) is 0 Å². The molecule has 0 spiro atoms. The summed E-state index contributed by atoms with van der Waals surface area (Å²) in [5, 5.41) is 0. The molecule has 98 valence electrons. The molecular formula is C15H11Br2FO. The molecule has 0 saturated heterocycles. The standard InChI is InChI=1S/C15H11Br2FO/c1-8-3-4-10(18)6-11(8)15(19)12-7-13(16)9(2)5-14(12)17/h3-7H,1-2H3. The summed E-state index contributed by atoms with van der Waals surface area (Å²) in [6.07, 6.45) is 0. The van der Waals surface area contributed by atoms with E-state index in [9.17, 15) is 9.18 Å². The lowest BCUT2D eigenvalue weighted by molar-refractivity contribution is 0.103. The van der Waals surface area contributed by atoms with E-state index in [-0.39, 0.29) is 5.78 Å². The van der Waals surface area contributed by atoms with Crippen molar-refractivity contribution >= 4 is 37.6 Å². The number of carbonyl (C=O) groups is 1. The Morgan fingerprint density at radius 2 is 1.63 bits per heavy atom. The van der Waals surface area contributed by atoms with Gasteiger partial charge in [-0.1, -0.05) is 37.9 Å². The van der Waals surface area contributed by atoms with Crippen LogP contribution in [-0.4, -0.2) is 5.78 Å². The fraction of sp³-hybridized carbons (Fsp3) is 0.133. The fourth-order valence-corrected chi connectivity index (χ4v) is 2.79. The summed E-state index contributed by atoms with van der Waals surface area (Å²) >= 11 is 6.79. The lowest BCUT2D eigenvalue weighted by Gasteiger charge is -2.09. The van der Waals surface area contributed by atoms with E-state index in [0.717, 1.165) is 15.6 Å². The molecule has 0 atom stereocenters. The number of carbonyl (C=O) groups excluding carboxylic acids is 1. The predicted molar refractivity (Wildman–Crippen MR) is 81.1 cm³/mol. The molecule has 1 nitrogen and oxygen atoms in total. The van der Waals surface area contributed by atoms with E-state index < -0.39 is 5.82 Å². The summed E-state index contributed by atoms with van der Waals surface area (Å²) < 4.78 is 14.9. The summed E-state index contributed by atoms with van der Waals surface area (Å²) in [6.45, 7) is 3.74. The van der Waals surface area contributed by atoms with Crippen LogP contribution in [0.25, 0.3) is 0 Å². The Hall–Kier alpha value is -1.00. The highest BCUT2D eigenvalue weighted by Crippen LogP contribution is 2.28. The van der Waals surface area contributed by atoms with Crippen LogP contribution >= 0.6 is 31.9 Å². The van der Waals surface area contributed by atoms with Gasteiger partial charge in [0.25, 0.3) is 0 Å². The third-order valence-electron chi connectivity index (χ3n) is 2.94. The number of ketones is 1. The Labute approximate surface area is 128 Å². The summed E-state index contributed by atoms with van der Waals surface area (Å²) in [5.41, 5.74) is 2.69. The summed E-state index contributed by atoms with van der Waals surface area (Å²) in [4.78, 5) is 12.5. The highest BCUT2D eigenvalue weighted by atomic mass is 79.9. The molecule has 2 rings (SSSR count). The molecule has 2 aromatic rings. The Kier molecular flexibility index (Phi) is 4.21. The van der Waals surface area contributed by atoms with Crippen molar-refractivity contribution in [3.63, 3.8) is 0 Å². The van der Waals surface area contributed by atoms with Crippen molar-refractivity contribution < 1.29 is 9.18 Å². The predicted octanol–water partition coefficient (Wildman–Crippen LogP) is 5.20. The van der Waals surface area contributed by atoms with Crippen LogP contribution in [-0.2, 0) is 0 Å². The molecule has 0 N–H and O–H groups in total. The SMILES string of the molecule is Cc1cc(Br)c(C(=O)c2cc(F)ccc2C)cc1Br. The maximum Gasteiger partial charge on any atom is 0.194 e. The van der Waals surface area contributed by atoms with Gasteiger partial charge in [-0.15, -0.1) is 0 Å². The largest absolute Gasteiger partial charge is 0.289 e. The Balaban J connectivity index is 2.56. The number of hydrogen-bond donors (Lipinski definition) is 0. The first-order chi connectivity index (χ1) is 8.90. The second-order valence-electron chi connectivity index (χ2n) is 4.37. The quantitative estimate of drug-likeness (QED) is 0.649. The zero-order valence-corrected chi connectivity index (χ0v) is 13.6. The van der Waals surface area contributed by atoms with Crippen molar-refractivity contribution in [2.45, 2.75) is 13.8 Å². The van der Waals surface area contributed by atoms with Gasteiger partial charge in [0, 0.05) is 20.1 Å². The lowest BCUT2D eigenvalue weighted by atomic mass is 9.98. The van der Waals surface area contributed by atoms with Crippen LogP contribution in [0.5, 0.6) is 0 Å². The number of halogens is 3. The zero-order chi connectivity index (χ0) is 14.2. The van der Waals surface area contributed by atoms with E-state index in [0.29, 0.717) is 15.6 Å². The Morgan fingerprint density at radius 3 is 2.32 bits per heavy atom. The second-order valence-corrected chi connectivity index (χ2v) is 6.08. The molecule has 0 saturated carbocycles. The highest BCUT2D eigenvalue weighted by molar-refractivity contribution is 9.11. The van der Waals surface area contributed by atoms with E-state index in [1.165, 1.54) is 12.1 Å². The maximum absolute atomic E-state index is 13.3. The van der Waals surface area contributed by atoms with Crippen LogP contribution in [0, 0.1) is 19.7 Å². The van der Waals surface area contributed by atoms with E-state index in [2.05, 4.69) is 31.9 Å². The van der Waals surface area contributed by atoms with Crippen LogP contribution in [0.4, 0.5) is 4.39 Å². The van der Waals surface area contributed by atoms with E-state index >= 15 is 0 Å². The molecule has 0 aliphatic rings. The molecule has 0 bridgehead atoms. The van der Waals surface area contributed by atoms with Crippen molar-refractivity contribution in [1.29, 1.82) is 0 Å². The molecule has 0 aromatic heterocycles. The molecule has 0 aliphatic heterocycles. The zero-order valence-electron chi connectivity index (χ0n) is 10.4. The summed E-state index contributed by atoms with van der Waals surface area (Å²) in [7, 11) is 0. The van der Waals surface area contributed by atoms with Crippen molar-refractivity contribution in [2.24, 2.45) is 0 Å². The van der Waals surface area contributed by atoms with Gasteiger partial charge in [0.2, 0.25) is 0 Å². The fourth-order valence-electron chi connectivity index (χ4n) is 1.80. The molecule has 4 heteroatoms. The van der Waals surface area contributed by atoms with Crippen LogP contribution in [0.15, 0.2) is 39.3 Å². The van der Waals surface area contributed by atoms with Gasteiger partial charge < -0.3 is 0 Å².